The number of carbonyl (C=O) groups excluding carboxylic acids is 1. The molecule has 1 aliphatic heterocycles. The largest absolute Gasteiger partial charge is 0.467 e. The van der Waals surface area contributed by atoms with E-state index in [0.717, 1.165) is 25.3 Å². The second-order valence-electron chi connectivity index (χ2n) is 5.72. The number of nitrogens with zero attached hydrogens (tertiary/aromatic N) is 3. The van der Waals surface area contributed by atoms with E-state index in [9.17, 15) is 4.79 Å². The third kappa shape index (κ3) is 3.44. The summed E-state index contributed by atoms with van der Waals surface area (Å²) < 4.78 is 5.24. The molecule has 3 rings (SSSR count). The van der Waals surface area contributed by atoms with E-state index in [0.29, 0.717) is 24.0 Å². The maximum atomic E-state index is 12.4. The van der Waals surface area contributed by atoms with Crippen molar-refractivity contribution in [3.8, 4) is 0 Å². The molecule has 22 heavy (non-hydrogen) atoms. The first-order chi connectivity index (χ1) is 10.7. The van der Waals surface area contributed by atoms with Crippen LogP contribution in [-0.4, -0.2) is 33.9 Å². The van der Waals surface area contributed by atoms with Crippen LogP contribution < -0.4 is 5.32 Å². The molecule has 116 valence electrons. The molecule has 2 aromatic heterocycles. The van der Waals surface area contributed by atoms with Crippen LogP contribution in [0.4, 0.5) is 5.82 Å². The number of nitrogens with one attached hydrogen (secondary N) is 1. The maximum Gasteiger partial charge on any atom is 0.274 e. The topological polar surface area (TPSA) is 71.3 Å². The molecule has 1 atom stereocenters. The Hall–Kier alpha value is -2.37. The van der Waals surface area contributed by atoms with E-state index in [1.807, 2.05) is 17.0 Å². The number of hydrogen-bond donors (Lipinski definition) is 1. The van der Waals surface area contributed by atoms with Crippen LogP contribution in [-0.2, 0) is 6.54 Å². The van der Waals surface area contributed by atoms with Crippen LogP contribution in [0.25, 0.3) is 0 Å². The van der Waals surface area contributed by atoms with Crippen molar-refractivity contribution in [1.29, 1.82) is 0 Å². The van der Waals surface area contributed by atoms with Crippen molar-refractivity contribution in [2.45, 2.75) is 26.3 Å². The average Bonchev–Trinajstić information content (AvgIpc) is 3.06. The van der Waals surface area contributed by atoms with Gasteiger partial charge in [-0.15, -0.1) is 0 Å². The number of aromatic nitrogens is 2. The van der Waals surface area contributed by atoms with Gasteiger partial charge in [-0.2, -0.15) is 0 Å². The fourth-order valence-electron chi connectivity index (χ4n) is 2.66. The predicted octanol–water partition coefficient (Wildman–Crippen LogP) is 2.55. The highest BCUT2D eigenvalue weighted by atomic mass is 16.3. The molecular formula is C16H20N4O2. The molecule has 6 heteroatoms. The Labute approximate surface area is 129 Å². The van der Waals surface area contributed by atoms with Gasteiger partial charge in [0.1, 0.15) is 17.3 Å². The monoisotopic (exact) mass is 300 g/mol. The number of hydrogen-bond acceptors (Lipinski definition) is 5. The highest BCUT2D eigenvalue weighted by Gasteiger charge is 2.23. The van der Waals surface area contributed by atoms with Crippen molar-refractivity contribution in [3.63, 3.8) is 0 Å². The summed E-state index contributed by atoms with van der Waals surface area (Å²) in [6, 6.07) is 3.72. The van der Waals surface area contributed by atoms with Crippen molar-refractivity contribution >= 4 is 11.7 Å². The molecule has 3 heterocycles. The van der Waals surface area contributed by atoms with Crippen molar-refractivity contribution in [1.82, 2.24) is 14.9 Å². The second kappa shape index (κ2) is 6.60. The molecule has 0 spiro atoms. The number of amides is 1. The lowest BCUT2D eigenvalue weighted by Crippen LogP contribution is -2.39. The molecular weight excluding hydrogens is 280 g/mol. The quantitative estimate of drug-likeness (QED) is 0.939. The van der Waals surface area contributed by atoms with Gasteiger partial charge in [0, 0.05) is 13.1 Å². The molecule has 0 aromatic carbocycles. The number of piperidine rings is 1. The van der Waals surface area contributed by atoms with Crippen LogP contribution in [0, 0.1) is 5.92 Å². The second-order valence-corrected chi connectivity index (χ2v) is 5.72. The van der Waals surface area contributed by atoms with Crippen molar-refractivity contribution in [3.05, 3.63) is 42.2 Å². The van der Waals surface area contributed by atoms with E-state index >= 15 is 0 Å². The van der Waals surface area contributed by atoms with Gasteiger partial charge in [-0.25, -0.2) is 9.97 Å². The molecule has 1 unspecified atom stereocenters. The Morgan fingerprint density at radius 2 is 2.36 bits per heavy atom. The van der Waals surface area contributed by atoms with Crippen LogP contribution in [0.5, 0.6) is 0 Å². The predicted molar refractivity (Wildman–Crippen MR) is 82.4 cm³/mol. The van der Waals surface area contributed by atoms with Crippen LogP contribution in [0.15, 0.2) is 35.2 Å². The lowest BCUT2D eigenvalue weighted by atomic mass is 10.0. The van der Waals surface area contributed by atoms with Crippen molar-refractivity contribution < 1.29 is 9.21 Å². The first-order valence-electron chi connectivity index (χ1n) is 7.60. The fraction of sp³-hybridized carbons (Fsp3) is 0.438. The molecule has 0 saturated carbocycles. The van der Waals surface area contributed by atoms with Crippen molar-refractivity contribution in [2.75, 3.05) is 18.4 Å². The minimum absolute atomic E-state index is 0.0309. The molecule has 0 aliphatic carbocycles. The van der Waals surface area contributed by atoms with Crippen LogP contribution >= 0.6 is 0 Å². The molecule has 1 aliphatic rings. The molecule has 1 fully saturated rings. The summed E-state index contributed by atoms with van der Waals surface area (Å²) in [6.07, 6.45) is 6.99. The van der Waals surface area contributed by atoms with Gasteiger partial charge in [-0.3, -0.25) is 4.79 Å². The van der Waals surface area contributed by atoms with Gasteiger partial charge in [0.2, 0.25) is 0 Å². The summed E-state index contributed by atoms with van der Waals surface area (Å²) >= 11 is 0. The van der Waals surface area contributed by atoms with Crippen LogP contribution in [0.3, 0.4) is 0 Å². The van der Waals surface area contributed by atoms with Gasteiger partial charge in [0.25, 0.3) is 5.91 Å². The lowest BCUT2D eigenvalue weighted by molar-refractivity contribution is 0.0676. The highest BCUT2D eigenvalue weighted by Crippen LogP contribution is 2.17. The molecule has 6 nitrogen and oxygen atoms in total. The summed E-state index contributed by atoms with van der Waals surface area (Å²) in [6.45, 7) is 4.33. The molecule has 1 saturated heterocycles. The Morgan fingerprint density at radius 1 is 1.45 bits per heavy atom. The zero-order valence-corrected chi connectivity index (χ0v) is 12.7. The number of carbonyl (C=O) groups is 1. The van der Waals surface area contributed by atoms with Gasteiger partial charge in [-0.1, -0.05) is 6.92 Å². The average molecular weight is 300 g/mol. The minimum Gasteiger partial charge on any atom is -0.467 e. The number of rotatable bonds is 4. The summed E-state index contributed by atoms with van der Waals surface area (Å²) in [4.78, 5) is 22.7. The van der Waals surface area contributed by atoms with E-state index in [2.05, 4.69) is 22.2 Å². The Balaban J connectivity index is 1.59. The zero-order valence-electron chi connectivity index (χ0n) is 12.7. The summed E-state index contributed by atoms with van der Waals surface area (Å²) in [5, 5.41) is 3.11. The zero-order chi connectivity index (χ0) is 15.4. The SMILES string of the molecule is CC1CCCN(C(=O)c2cnc(NCc3ccco3)cn2)C1. The normalized spacial score (nSPS) is 18.2. The Bertz CT molecular complexity index is 610. The number of anilines is 1. The minimum atomic E-state index is -0.0309. The van der Waals surface area contributed by atoms with Crippen LogP contribution in [0.1, 0.15) is 36.0 Å². The van der Waals surface area contributed by atoms with E-state index in [4.69, 9.17) is 4.42 Å². The van der Waals surface area contributed by atoms with Gasteiger partial charge >= 0.3 is 0 Å². The summed E-state index contributed by atoms with van der Waals surface area (Å²) in [5.41, 5.74) is 0.401. The molecule has 2 aromatic rings. The van der Waals surface area contributed by atoms with Gasteiger partial charge in [0.15, 0.2) is 0 Å². The lowest BCUT2D eigenvalue weighted by Gasteiger charge is -2.30. The van der Waals surface area contributed by atoms with Gasteiger partial charge in [-0.05, 0) is 30.9 Å². The Morgan fingerprint density at radius 3 is 3.05 bits per heavy atom. The third-order valence-electron chi connectivity index (χ3n) is 3.84. The third-order valence-corrected chi connectivity index (χ3v) is 3.84. The van der Waals surface area contributed by atoms with E-state index in [1.54, 1.807) is 12.5 Å². The number of furan rings is 1. The van der Waals surface area contributed by atoms with Gasteiger partial charge in [0.05, 0.1) is 25.2 Å². The Kier molecular flexibility index (Phi) is 4.37. The summed E-state index contributed by atoms with van der Waals surface area (Å²) in [7, 11) is 0. The number of likely N-dealkylation sites (tertiary alicyclic amines) is 1. The first kappa shape index (κ1) is 14.6. The van der Waals surface area contributed by atoms with Crippen molar-refractivity contribution in [2.24, 2.45) is 5.92 Å². The molecule has 1 N–H and O–H groups in total. The maximum absolute atomic E-state index is 12.4. The highest BCUT2D eigenvalue weighted by molar-refractivity contribution is 5.92. The summed E-state index contributed by atoms with van der Waals surface area (Å²) in [5.74, 6) is 1.97. The fourth-order valence-corrected chi connectivity index (χ4v) is 2.66. The standard InChI is InChI=1S/C16H20N4O2/c1-12-4-2-6-20(11-12)16(21)14-9-19-15(10-17-14)18-8-13-5-3-7-22-13/h3,5,7,9-10,12H,2,4,6,8,11H2,1H3,(H,18,19). The molecule has 1 amide bonds. The first-order valence-corrected chi connectivity index (χ1v) is 7.60. The van der Waals surface area contributed by atoms with E-state index in [-0.39, 0.29) is 5.91 Å². The van der Waals surface area contributed by atoms with E-state index in [1.165, 1.54) is 12.6 Å². The van der Waals surface area contributed by atoms with E-state index < -0.39 is 0 Å². The molecule has 0 bridgehead atoms. The molecule has 0 radical (unpaired) electrons. The van der Waals surface area contributed by atoms with Gasteiger partial charge < -0.3 is 14.6 Å². The van der Waals surface area contributed by atoms with Crippen LogP contribution in [0.2, 0.25) is 0 Å². The smallest absolute Gasteiger partial charge is 0.274 e.